The maximum absolute atomic E-state index is 10.1. The van der Waals surface area contributed by atoms with Gasteiger partial charge < -0.3 is 14.7 Å². The fourth-order valence-electron chi connectivity index (χ4n) is 3.19. The Balaban J connectivity index is 1.64. The van der Waals surface area contributed by atoms with E-state index in [0.717, 1.165) is 51.3 Å². The topological polar surface area (TPSA) is 32.7 Å². The summed E-state index contributed by atoms with van der Waals surface area (Å²) in [5.41, 5.74) is 0.872. The zero-order chi connectivity index (χ0) is 13.3. The molecule has 19 heavy (non-hydrogen) atoms. The van der Waals surface area contributed by atoms with E-state index >= 15 is 0 Å². The Hall–Kier alpha value is -1.06. The van der Waals surface area contributed by atoms with Crippen molar-refractivity contribution >= 4 is 0 Å². The van der Waals surface area contributed by atoms with Crippen molar-refractivity contribution < 1.29 is 9.84 Å². The van der Waals surface area contributed by atoms with E-state index in [1.54, 1.807) is 0 Å². The first-order valence-electron chi connectivity index (χ1n) is 7.30. The van der Waals surface area contributed by atoms with Crippen LogP contribution in [0.25, 0.3) is 0 Å². The van der Waals surface area contributed by atoms with Crippen molar-refractivity contribution in [2.24, 2.45) is 0 Å². The SMILES string of the molecule is CC1(O)CCCN(CC2COc3ccccc32)CC1. The normalized spacial score (nSPS) is 31.6. The van der Waals surface area contributed by atoms with Crippen LogP contribution in [0, 0.1) is 0 Å². The van der Waals surface area contributed by atoms with Gasteiger partial charge >= 0.3 is 0 Å². The third kappa shape index (κ3) is 2.93. The zero-order valence-electron chi connectivity index (χ0n) is 11.6. The summed E-state index contributed by atoms with van der Waals surface area (Å²) in [6, 6.07) is 8.36. The van der Waals surface area contributed by atoms with E-state index < -0.39 is 5.60 Å². The summed E-state index contributed by atoms with van der Waals surface area (Å²) in [5.74, 6) is 1.54. The molecular weight excluding hydrogens is 238 g/mol. The Morgan fingerprint density at radius 1 is 1.32 bits per heavy atom. The van der Waals surface area contributed by atoms with Crippen molar-refractivity contribution in [1.82, 2.24) is 4.90 Å². The number of likely N-dealkylation sites (tertiary alicyclic amines) is 1. The quantitative estimate of drug-likeness (QED) is 0.887. The number of hydrogen-bond donors (Lipinski definition) is 1. The van der Waals surface area contributed by atoms with Gasteiger partial charge in [-0.25, -0.2) is 0 Å². The number of nitrogens with zero attached hydrogens (tertiary/aromatic N) is 1. The third-order valence-corrected chi connectivity index (χ3v) is 4.43. The van der Waals surface area contributed by atoms with Gasteiger partial charge in [-0.15, -0.1) is 0 Å². The van der Waals surface area contributed by atoms with E-state index in [1.807, 2.05) is 13.0 Å². The molecule has 104 valence electrons. The van der Waals surface area contributed by atoms with E-state index in [9.17, 15) is 5.11 Å². The molecule has 2 heterocycles. The summed E-state index contributed by atoms with van der Waals surface area (Å²) in [6.07, 6.45) is 2.88. The molecule has 0 aliphatic carbocycles. The number of aliphatic hydroxyl groups is 1. The molecule has 0 spiro atoms. The molecule has 2 aliphatic rings. The molecule has 3 rings (SSSR count). The van der Waals surface area contributed by atoms with Gasteiger partial charge in [-0.05, 0) is 38.8 Å². The minimum absolute atomic E-state index is 0.473. The highest BCUT2D eigenvalue weighted by molar-refractivity contribution is 5.39. The third-order valence-electron chi connectivity index (χ3n) is 4.43. The standard InChI is InChI=1S/C16H23NO2/c1-16(18)7-4-9-17(10-8-16)11-13-12-19-15-6-3-2-5-14(13)15/h2-3,5-6,13,18H,4,7-12H2,1H3. The molecule has 3 heteroatoms. The Bertz CT molecular complexity index is 444. The molecule has 3 nitrogen and oxygen atoms in total. The molecule has 2 unspecified atom stereocenters. The molecule has 2 atom stereocenters. The van der Waals surface area contributed by atoms with E-state index in [2.05, 4.69) is 23.1 Å². The van der Waals surface area contributed by atoms with Crippen LogP contribution in [0.2, 0.25) is 0 Å². The van der Waals surface area contributed by atoms with Gasteiger partial charge in [-0.1, -0.05) is 18.2 Å². The summed E-state index contributed by atoms with van der Waals surface area (Å²) in [7, 11) is 0. The highest BCUT2D eigenvalue weighted by Gasteiger charge is 2.29. The maximum Gasteiger partial charge on any atom is 0.122 e. The van der Waals surface area contributed by atoms with Crippen LogP contribution in [-0.4, -0.2) is 41.8 Å². The lowest BCUT2D eigenvalue weighted by atomic mass is 9.98. The highest BCUT2D eigenvalue weighted by Crippen LogP contribution is 2.34. The molecule has 1 N–H and O–H groups in total. The molecule has 0 aromatic heterocycles. The summed E-state index contributed by atoms with van der Waals surface area (Å²) in [5, 5.41) is 10.1. The second-order valence-electron chi connectivity index (χ2n) is 6.20. The summed E-state index contributed by atoms with van der Waals surface area (Å²) in [6.45, 7) is 5.89. The van der Waals surface area contributed by atoms with Crippen LogP contribution in [0.5, 0.6) is 5.75 Å². The predicted octanol–water partition coefficient (Wildman–Crippen LogP) is 2.40. The maximum atomic E-state index is 10.1. The molecule has 2 aliphatic heterocycles. The van der Waals surface area contributed by atoms with Crippen molar-refractivity contribution in [1.29, 1.82) is 0 Å². The summed E-state index contributed by atoms with van der Waals surface area (Å²) >= 11 is 0. The lowest BCUT2D eigenvalue weighted by Crippen LogP contribution is -2.32. The molecule has 0 radical (unpaired) electrons. The average Bonchev–Trinajstić information content (AvgIpc) is 2.70. The number of fused-ring (bicyclic) bond motifs is 1. The number of benzene rings is 1. The van der Waals surface area contributed by atoms with Crippen LogP contribution in [-0.2, 0) is 0 Å². The molecule has 0 saturated carbocycles. The van der Waals surface area contributed by atoms with Gasteiger partial charge in [0.15, 0.2) is 0 Å². The van der Waals surface area contributed by atoms with Crippen molar-refractivity contribution in [3.05, 3.63) is 29.8 Å². The molecular formula is C16H23NO2. The fraction of sp³-hybridized carbons (Fsp3) is 0.625. The highest BCUT2D eigenvalue weighted by atomic mass is 16.5. The smallest absolute Gasteiger partial charge is 0.122 e. The van der Waals surface area contributed by atoms with Crippen molar-refractivity contribution in [2.45, 2.75) is 37.7 Å². The Kier molecular flexibility index (Phi) is 3.50. The zero-order valence-corrected chi connectivity index (χ0v) is 11.6. The molecule has 1 aromatic rings. The minimum Gasteiger partial charge on any atom is -0.493 e. The number of hydrogen-bond acceptors (Lipinski definition) is 3. The van der Waals surface area contributed by atoms with E-state index in [0.29, 0.717) is 5.92 Å². The van der Waals surface area contributed by atoms with E-state index in [4.69, 9.17) is 4.74 Å². The molecule has 1 saturated heterocycles. The van der Waals surface area contributed by atoms with Crippen LogP contribution in [0.4, 0.5) is 0 Å². The molecule has 1 aromatic carbocycles. The Morgan fingerprint density at radius 3 is 3.05 bits per heavy atom. The van der Waals surface area contributed by atoms with Crippen LogP contribution in [0.3, 0.4) is 0 Å². The first-order valence-corrected chi connectivity index (χ1v) is 7.30. The van der Waals surface area contributed by atoms with Gasteiger partial charge in [0, 0.05) is 24.6 Å². The second-order valence-corrected chi connectivity index (χ2v) is 6.20. The molecule has 0 bridgehead atoms. The second kappa shape index (κ2) is 5.14. The molecule has 0 amide bonds. The van der Waals surface area contributed by atoms with Gasteiger partial charge in [-0.2, -0.15) is 0 Å². The van der Waals surface area contributed by atoms with Crippen molar-refractivity contribution in [3.8, 4) is 5.75 Å². The summed E-state index contributed by atoms with van der Waals surface area (Å²) < 4.78 is 5.75. The van der Waals surface area contributed by atoms with Crippen LogP contribution in [0.15, 0.2) is 24.3 Å². The van der Waals surface area contributed by atoms with Gasteiger partial charge in [0.25, 0.3) is 0 Å². The number of rotatable bonds is 2. The van der Waals surface area contributed by atoms with Crippen molar-refractivity contribution in [2.75, 3.05) is 26.2 Å². The summed E-state index contributed by atoms with van der Waals surface area (Å²) in [4.78, 5) is 2.48. The van der Waals surface area contributed by atoms with E-state index in [-0.39, 0.29) is 0 Å². The van der Waals surface area contributed by atoms with Crippen LogP contribution >= 0.6 is 0 Å². The van der Waals surface area contributed by atoms with Gasteiger partial charge in [0.05, 0.1) is 12.2 Å². The Labute approximate surface area is 115 Å². The first kappa shape index (κ1) is 12.9. The lowest BCUT2D eigenvalue weighted by Gasteiger charge is -2.24. The van der Waals surface area contributed by atoms with E-state index in [1.165, 1.54) is 5.56 Å². The molecule has 1 fully saturated rings. The van der Waals surface area contributed by atoms with Crippen molar-refractivity contribution in [3.63, 3.8) is 0 Å². The lowest BCUT2D eigenvalue weighted by molar-refractivity contribution is 0.0444. The van der Waals surface area contributed by atoms with Gasteiger partial charge in [0.1, 0.15) is 5.75 Å². The van der Waals surface area contributed by atoms with Gasteiger partial charge in [-0.3, -0.25) is 0 Å². The largest absolute Gasteiger partial charge is 0.493 e. The minimum atomic E-state index is -0.473. The van der Waals surface area contributed by atoms with Gasteiger partial charge in [0.2, 0.25) is 0 Å². The predicted molar refractivity (Wildman–Crippen MR) is 75.6 cm³/mol. The monoisotopic (exact) mass is 261 g/mol. The van der Waals surface area contributed by atoms with Crippen LogP contribution in [0.1, 0.15) is 37.7 Å². The fourth-order valence-corrected chi connectivity index (χ4v) is 3.19. The number of ether oxygens (including phenoxy) is 1. The first-order chi connectivity index (χ1) is 9.14. The Morgan fingerprint density at radius 2 is 2.16 bits per heavy atom. The number of para-hydroxylation sites is 1. The van der Waals surface area contributed by atoms with Crippen LogP contribution < -0.4 is 4.74 Å². The average molecular weight is 261 g/mol.